The van der Waals surface area contributed by atoms with Crippen LogP contribution in [-0.2, 0) is 17.9 Å². The lowest BCUT2D eigenvalue weighted by molar-refractivity contribution is 0.304. The van der Waals surface area contributed by atoms with Crippen LogP contribution in [0.3, 0.4) is 0 Å². The summed E-state index contributed by atoms with van der Waals surface area (Å²) >= 11 is 0. The molecule has 0 aliphatic rings. The Labute approximate surface area is 112 Å². The van der Waals surface area contributed by atoms with Crippen LogP contribution in [0.1, 0.15) is 16.7 Å². The van der Waals surface area contributed by atoms with Gasteiger partial charge in [-0.1, -0.05) is 42.5 Å². The van der Waals surface area contributed by atoms with E-state index in [2.05, 4.69) is 4.99 Å². The number of hydrogen-bond donors (Lipinski definition) is 0. The van der Waals surface area contributed by atoms with E-state index in [4.69, 9.17) is 4.74 Å². The maximum absolute atomic E-state index is 10.1. The Kier molecular flexibility index (Phi) is 4.49. The summed E-state index contributed by atoms with van der Waals surface area (Å²) in [5.74, 6) is 0.850. The molecule has 0 saturated heterocycles. The van der Waals surface area contributed by atoms with Crippen LogP contribution in [0.25, 0.3) is 0 Å². The highest BCUT2D eigenvalue weighted by Crippen LogP contribution is 2.20. The predicted molar refractivity (Wildman–Crippen MR) is 73.8 cm³/mol. The minimum Gasteiger partial charge on any atom is -0.489 e. The molecule has 0 fully saturated rings. The summed E-state index contributed by atoms with van der Waals surface area (Å²) in [7, 11) is 0. The Morgan fingerprint density at radius 3 is 2.58 bits per heavy atom. The normalized spacial score (nSPS) is 9.74. The Hall–Kier alpha value is -2.38. The molecule has 2 rings (SSSR count). The third-order valence-corrected chi connectivity index (χ3v) is 2.80. The highest BCUT2D eigenvalue weighted by atomic mass is 16.5. The Morgan fingerprint density at radius 1 is 1.11 bits per heavy atom. The number of rotatable bonds is 5. The molecule has 2 aromatic carbocycles. The zero-order valence-electron chi connectivity index (χ0n) is 10.8. The molecule has 0 aliphatic carbocycles. The fraction of sp³-hybridized carbons (Fsp3) is 0.188. The van der Waals surface area contributed by atoms with Crippen molar-refractivity contribution in [3.63, 3.8) is 0 Å². The third-order valence-electron chi connectivity index (χ3n) is 2.80. The Bertz CT molecular complexity index is 587. The molecule has 0 radical (unpaired) electrons. The largest absolute Gasteiger partial charge is 0.489 e. The standard InChI is InChI=1S/C16H15NO2/c1-13-9-15(10-17-12-18)7-8-16(13)19-11-14-5-3-2-4-6-14/h2-9H,10-11H2,1H3. The second kappa shape index (κ2) is 6.53. The average molecular weight is 253 g/mol. The van der Waals surface area contributed by atoms with Crippen molar-refractivity contribution >= 4 is 6.08 Å². The van der Waals surface area contributed by atoms with Gasteiger partial charge in [0.15, 0.2) is 0 Å². The van der Waals surface area contributed by atoms with Crippen molar-refractivity contribution in [1.82, 2.24) is 0 Å². The van der Waals surface area contributed by atoms with Crippen molar-refractivity contribution in [2.24, 2.45) is 4.99 Å². The maximum Gasteiger partial charge on any atom is 0.235 e. The van der Waals surface area contributed by atoms with Crippen LogP contribution in [0.2, 0.25) is 0 Å². The lowest BCUT2D eigenvalue weighted by Crippen LogP contribution is -1.97. The molecular weight excluding hydrogens is 238 g/mol. The van der Waals surface area contributed by atoms with E-state index >= 15 is 0 Å². The molecule has 0 unspecified atom stereocenters. The maximum atomic E-state index is 10.1. The van der Waals surface area contributed by atoms with Gasteiger partial charge in [0.2, 0.25) is 6.08 Å². The molecule has 0 saturated carbocycles. The van der Waals surface area contributed by atoms with Gasteiger partial charge in [-0.2, -0.15) is 0 Å². The van der Waals surface area contributed by atoms with Crippen LogP contribution in [-0.4, -0.2) is 6.08 Å². The predicted octanol–water partition coefficient (Wildman–Crippen LogP) is 3.41. The summed E-state index contributed by atoms with van der Waals surface area (Å²) in [6.07, 6.45) is 1.54. The lowest BCUT2D eigenvalue weighted by atomic mass is 10.1. The monoisotopic (exact) mass is 253 g/mol. The van der Waals surface area contributed by atoms with Gasteiger partial charge in [0.05, 0.1) is 6.54 Å². The summed E-state index contributed by atoms with van der Waals surface area (Å²) in [6.45, 7) is 2.89. The van der Waals surface area contributed by atoms with E-state index < -0.39 is 0 Å². The zero-order chi connectivity index (χ0) is 13.5. The molecule has 0 bridgehead atoms. The van der Waals surface area contributed by atoms with E-state index in [1.54, 1.807) is 6.08 Å². The number of aliphatic imine (C=N–C) groups is 1. The molecule has 3 nitrogen and oxygen atoms in total. The second-order valence-corrected chi connectivity index (χ2v) is 4.28. The summed E-state index contributed by atoms with van der Waals surface area (Å²) in [5, 5.41) is 0. The van der Waals surface area contributed by atoms with Crippen LogP contribution in [0, 0.1) is 6.92 Å². The summed E-state index contributed by atoms with van der Waals surface area (Å²) in [4.78, 5) is 13.6. The van der Waals surface area contributed by atoms with Crippen molar-refractivity contribution in [2.75, 3.05) is 0 Å². The molecule has 19 heavy (non-hydrogen) atoms. The minimum atomic E-state index is 0.364. The molecule has 0 N–H and O–H groups in total. The first-order valence-electron chi connectivity index (χ1n) is 6.09. The first-order chi connectivity index (χ1) is 9.29. The fourth-order valence-corrected chi connectivity index (χ4v) is 1.83. The average Bonchev–Trinajstić information content (AvgIpc) is 2.45. The van der Waals surface area contributed by atoms with Crippen LogP contribution in [0.4, 0.5) is 0 Å². The highest BCUT2D eigenvalue weighted by molar-refractivity contribution is 5.38. The van der Waals surface area contributed by atoms with E-state index in [0.717, 1.165) is 22.4 Å². The lowest BCUT2D eigenvalue weighted by Gasteiger charge is -2.10. The number of carbonyl (C=O) groups excluding carboxylic acids is 1. The molecular formula is C16H15NO2. The number of ether oxygens (including phenoxy) is 1. The molecule has 96 valence electrons. The van der Waals surface area contributed by atoms with E-state index in [-0.39, 0.29) is 0 Å². The summed E-state index contributed by atoms with van der Waals surface area (Å²) in [6, 6.07) is 15.8. The van der Waals surface area contributed by atoms with Crippen molar-refractivity contribution in [2.45, 2.75) is 20.1 Å². The van der Waals surface area contributed by atoms with Crippen molar-refractivity contribution in [3.8, 4) is 5.75 Å². The van der Waals surface area contributed by atoms with Crippen molar-refractivity contribution < 1.29 is 9.53 Å². The second-order valence-electron chi connectivity index (χ2n) is 4.28. The third kappa shape index (κ3) is 3.80. The fourth-order valence-electron chi connectivity index (χ4n) is 1.83. The number of benzene rings is 2. The smallest absolute Gasteiger partial charge is 0.235 e. The van der Waals surface area contributed by atoms with E-state index in [1.807, 2.05) is 55.5 Å². The number of hydrogen-bond acceptors (Lipinski definition) is 3. The SMILES string of the molecule is Cc1cc(CN=C=O)ccc1OCc1ccccc1. The van der Waals surface area contributed by atoms with Crippen LogP contribution < -0.4 is 4.74 Å². The van der Waals surface area contributed by atoms with E-state index in [9.17, 15) is 4.79 Å². The molecule has 0 atom stereocenters. The van der Waals surface area contributed by atoms with Crippen LogP contribution >= 0.6 is 0 Å². The van der Waals surface area contributed by atoms with Gasteiger partial charge in [-0.3, -0.25) is 0 Å². The number of nitrogens with zero attached hydrogens (tertiary/aromatic N) is 1. The van der Waals surface area contributed by atoms with Gasteiger partial charge in [-0.25, -0.2) is 9.79 Å². The van der Waals surface area contributed by atoms with Gasteiger partial charge >= 0.3 is 0 Å². The zero-order valence-corrected chi connectivity index (χ0v) is 10.8. The minimum absolute atomic E-state index is 0.364. The van der Waals surface area contributed by atoms with Gasteiger partial charge in [-0.05, 0) is 29.7 Å². The van der Waals surface area contributed by atoms with Crippen LogP contribution in [0.15, 0.2) is 53.5 Å². The molecule has 0 aliphatic heterocycles. The molecule has 3 heteroatoms. The van der Waals surface area contributed by atoms with E-state index in [1.165, 1.54) is 0 Å². The van der Waals surface area contributed by atoms with Gasteiger partial charge in [0, 0.05) is 0 Å². The van der Waals surface area contributed by atoms with Gasteiger partial charge in [-0.15, -0.1) is 0 Å². The molecule has 0 spiro atoms. The molecule has 2 aromatic rings. The highest BCUT2D eigenvalue weighted by Gasteiger charge is 2.01. The van der Waals surface area contributed by atoms with Gasteiger partial charge in [0.25, 0.3) is 0 Å². The van der Waals surface area contributed by atoms with Gasteiger partial charge < -0.3 is 4.74 Å². The topological polar surface area (TPSA) is 38.7 Å². The first kappa shape index (κ1) is 13.1. The number of aryl methyl sites for hydroxylation is 1. The van der Waals surface area contributed by atoms with Crippen LogP contribution in [0.5, 0.6) is 5.75 Å². The molecule has 0 aromatic heterocycles. The quantitative estimate of drug-likeness (QED) is 0.605. The Balaban J connectivity index is 2.03. The molecule has 0 amide bonds. The van der Waals surface area contributed by atoms with Crippen molar-refractivity contribution in [1.29, 1.82) is 0 Å². The summed E-state index contributed by atoms with van der Waals surface area (Å²) < 4.78 is 5.77. The Morgan fingerprint density at radius 2 is 1.89 bits per heavy atom. The first-order valence-corrected chi connectivity index (χ1v) is 6.09. The molecule has 0 heterocycles. The van der Waals surface area contributed by atoms with Gasteiger partial charge in [0.1, 0.15) is 12.4 Å². The summed E-state index contributed by atoms with van der Waals surface area (Å²) in [5.41, 5.74) is 3.15. The van der Waals surface area contributed by atoms with Crippen molar-refractivity contribution in [3.05, 3.63) is 65.2 Å². The number of isocyanates is 1. The van der Waals surface area contributed by atoms with E-state index in [0.29, 0.717) is 13.2 Å².